The molecule has 0 fully saturated rings. The molecule has 0 aliphatic heterocycles. The normalized spacial score (nSPS) is 16.2. The van der Waals surface area contributed by atoms with E-state index >= 15 is 0 Å². The molecule has 0 atom stereocenters. The molecule has 0 amide bonds. The molecule has 0 saturated heterocycles. The molecule has 3 nitrogen and oxygen atoms in total. The summed E-state index contributed by atoms with van der Waals surface area (Å²) < 4.78 is 4.86. The Morgan fingerprint density at radius 2 is 1.15 bits per heavy atom. The van der Waals surface area contributed by atoms with E-state index in [0.29, 0.717) is 0 Å². The molecule has 4 heteroatoms. The Hall–Kier alpha value is -6.10. The maximum absolute atomic E-state index is 5.54. The number of aromatic nitrogens is 3. The summed E-state index contributed by atoms with van der Waals surface area (Å²) in [5.74, 6) is 0.750. The molecule has 2 aliphatic carbocycles. The average molecular weight is 780 g/mol. The molecule has 0 radical (unpaired) electrons. The van der Waals surface area contributed by atoms with E-state index in [1.807, 2.05) is 0 Å². The summed E-state index contributed by atoms with van der Waals surface area (Å²) in [4.78, 5) is 10.9. The Morgan fingerprint density at radius 3 is 1.95 bits per heavy atom. The van der Waals surface area contributed by atoms with Crippen LogP contribution in [0, 0.1) is 0 Å². The van der Waals surface area contributed by atoms with Crippen molar-refractivity contribution in [3.05, 3.63) is 162 Å². The summed E-state index contributed by atoms with van der Waals surface area (Å²) in [6.07, 6.45) is 2.37. The highest BCUT2D eigenvalue weighted by Gasteiger charge is 2.39. The maximum atomic E-state index is 5.54. The molecular formula is C55H45N3S. The van der Waals surface area contributed by atoms with Gasteiger partial charge in [-0.3, -0.25) is 0 Å². The predicted octanol–water partition coefficient (Wildman–Crippen LogP) is 15.1. The lowest BCUT2D eigenvalue weighted by atomic mass is 9.63. The van der Waals surface area contributed by atoms with Crippen molar-refractivity contribution in [3.8, 4) is 39.5 Å². The van der Waals surface area contributed by atoms with E-state index < -0.39 is 0 Å². The molecule has 0 unspecified atom stereocenters. The second-order valence-corrected chi connectivity index (χ2v) is 19.9. The first-order chi connectivity index (χ1) is 28.5. The first kappa shape index (κ1) is 34.9. The van der Waals surface area contributed by atoms with Gasteiger partial charge in [-0.15, -0.1) is 11.3 Å². The highest BCUT2D eigenvalue weighted by molar-refractivity contribution is 7.26. The number of nitrogens with zero attached hydrogens (tertiary/aromatic N) is 3. The first-order valence-electron chi connectivity index (χ1n) is 21.0. The van der Waals surface area contributed by atoms with E-state index in [0.717, 1.165) is 33.0 Å². The highest BCUT2D eigenvalue weighted by Crippen LogP contribution is 2.54. The summed E-state index contributed by atoms with van der Waals surface area (Å²) in [5, 5.41) is 6.32. The van der Waals surface area contributed by atoms with Gasteiger partial charge in [0.1, 0.15) is 0 Å². The van der Waals surface area contributed by atoms with Crippen LogP contribution in [0.5, 0.6) is 0 Å². The van der Waals surface area contributed by atoms with Gasteiger partial charge in [-0.1, -0.05) is 126 Å². The summed E-state index contributed by atoms with van der Waals surface area (Å²) >= 11 is 1.80. The van der Waals surface area contributed by atoms with Gasteiger partial charge < -0.3 is 4.57 Å². The van der Waals surface area contributed by atoms with Crippen molar-refractivity contribution in [1.82, 2.24) is 14.5 Å². The van der Waals surface area contributed by atoms with Gasteiger partial charge in [0.15, 0.2) is 5.82 Å². The molecule has 286 valence electrons. The number of fused-ring (bicyclic) bond motifs is 11. The first-order valence-corrected chi connectivity index (χ1v) is 21.9. The standard InChI is InChI=1S/C55H45N3S/c1-53(2)26-27-54(3,4)44-31-46-41(30-43(44)53)40-28-33-14-7-8-15-34(33)29-45(40)58(46)35-24-22-32(23-25-35)52-56-49-38-17-10-12-21-47(38)59-51(49)50(57-52)39-19-13-18-37-36-16-9-11-20-42(36)55(5,6)48(37)39/h7-25,28-31H,26-27H2,1-6H3. The Labute approximate surface area is 349 Å². The molecule has 3 heterocycles. The molecule has 0 bridgehead atoms. The van der Waals surface area contributed by atoms with Gasteiger partial charge in [-0.25, -0.2) is 9.97 Å². The van der Waals surface area contributed by atoms with Crippen LogP contribution < -0.4 is 0 Å². The van der Waals surface area contributed by atoms with Crippen LogP contribution in [0.15, 0.2) is 140 Å². The number of hydrogen-bond donors (Lipinski definition) is 0. The molecule has 0 spiro atoms. The van der Waals surface area contributed by atoms with E-state index in [1.54, 1.807) is 11.3 Å². The zero-order valence-electron chi connectivity index (χ0n) is 34.4. The van der Waals surface area contributed by atoms with Crippen LogP contribution in [0.2, 0.25) is 0 Å². The molecule has 0 saturated carbocycles. The van der Waals surface area contributed by atoms with E-state index in [1.165, 1.54) is 94.5 Å². The van der Waals surface area contributed by atoms with Crippen molar-refractivity contribution >= 4 is 64.2 Å². The summed E-state index contributed by atoms with van der Waals surface area (Å²) in [6, 6.07) is 51.9. The monoisotopic (exact) mass is 779 g/mol. The van der Waals surface area contributed by atoms with Gasteiger partial charge in [0.2, 0.25) is 0 Å². The number of rotatable bonds is 3. The van der Waals surface area contributed by atoms with E-state index in [4.69, 9.17) is 9.97 Å². The van der Waals surface area contributed by atoms with Crippen LogP contribution in [0.4, 0.5) is 0 Å². The summed E-state index contributed by atoms with van der Waals surface area (Å²) in [7, 11) is 0. The number of hydrogen-bond acceptors (Lipinski definition) is 3. The third-order valence-corrected chi connectivity index (χ3v) is 15.2. The van der Waals surface area contributed by atoms with Crippen LogP contribution in [0.3, 0.4) is 0 Å². The van der Waals surface area contributed by atoms with Gasteiger partial charge >= 0.3 is 0 Å². The highest BCUT2D eigenvalue weighted by atomic mass is 32.1. The van der Waals surface area contributed by atoms with E-state index in [2.05, 4.69) is 186 Å². The molecule has 2 aliphatic rings. The lowest BCUT2D eigenvalue weighted by molar-refractivity contribution is 0.332. The minimum absolute atomic E-state index is 0.102. The van der Waals surface area contributed by atoms with Gasteiger partial charge in [-0.05, 0) is 122 Å². The second kappa shape index (κ2) is 12.0. The van der Waals surface area contributed by atoms with Crippen molar-refractivity contribution in [1.29, 1.82) is 0 Å². The van der Waals surface area contributed by atoms with Crippen LogP contribution in [0.1, 0.15) is 76.6 Å². The number of benzene rings is 7. The van der Waals surface area contributed by atoms with E-state index in [9.17, 15) is 0 Å². The Balaban J connectivity index is 1.07. The summed E-state index contributed by atoms with van der Waals surface area (Å²) in [6.45, 7) is 14.4. The predicted molar refractivity (Wildman–Crippen MR) is 250 cm³/mol. The topological polar surface area (TPSA) is 30.7 Å². The second-order valence-electron chi connectivity index (χ2n) is 18.9. The molecule has 7 aromatic carbocycles. The molecule has 0 N–H and O–H groups in total. The van der Waals surface area contributed by atoms with Crippen molar-refractivity contribution in [2.24, 2.45) is 0 Å². The largest absolute Gasteiger partial charge is 0.309 e. The van der Waals surface area contributed by atoms with Crippen molar-refractivity contribution in [2.75, 3.05) is 0 Å². The Bertz CT molecular complexity index is 3410. The fourth-order valence-corrected chi connectivity index (χ4v) is 11.9. The van der Waals surface area contributed by atoms with Crippen molar-refractivity contribution in [3.63, 3.8) is 0 Å². The van der Waals surface area contributed by atoms with Crippen LogP contribution in [0.25, 0.3) is 92.3 Å². The van der Waals surface area contributed by atoms with Crippen LogP contribution in [-0.4, -0.2) is 14.5 Å². The Morgan fingerprint density at radius 1 is 0.525 bits per heavy atom. The molecule has 59 heavy (non-hydrogen) atoms. The fraction of sp³-hybridized carbons (Fsp3) is 0.200. The number of thiophene rings is 1. The SMILES string of the molecule is CC1(C)CCC(C)(C)c2cc3c(cc21)c1cc2ccccc2cc1n3-c1ccc(-c2nc(-c3cccc4c3C(C)(C)c3ccccc3-4)c3sc4ccccc4c3n2)cc1. The maximum Gasteiger partial charge on any atom is 0.160 e. The average Bonchev–Trinajstić information content (AvgIpc) is 3.86. The smallest absolute Gasteiger partial charge is 0.160 e. The minimum Gasteiger partial charge on any atom is -0.309 e. The zero-order chi connectivity index (χ0) is 40.0. The third-order valence-electron chi connectivity index (χ3n) is 14.0. The Kier molecular flexibility index (Phi) is 7.09. The van der Waals surface area contributed by atoms with Gasteiger partial charge in [0.25, 0.3) is 0 Å². The molecule has 12 rings (SSSR count). The van der Waals surface area contributed by atoms with Gasteiger partial charge in [-0.2, -0.15) is 0 Å². The molecule has 10 aromatic rings. The minimum atomic E-state index is -0.170. The van der Waals surface area contributed by atoms with Gasteiger partial charge in [0, 0.05) is 43.1 Å². The van der Waals surface area contributed by atoms with Crippen molar-refractivity contribution < 1.29 is 0 Å². The van der Waals surface area contributed by atoms with Crippen molar-refractivity contribution in [2.45, 2.75) is 70.6 Å². The van der Waals surface area contributed by atoms with Crippen LogP contribution >= 0.6 is 11.3 Å². The molecular weight excluding hydrogens is 735 g/mol. The summed E-state index contributed by atoms with van der Waals surface area (Å²) in [5.41, 5.74) is 16.2. The van der Waals surface area contributed by atoms with Gasteiger partial charge in [0.05, 0.1) is 26.9 Å². The molecule has 3 aromatic heterocycles. The van der Waals surface area contributed by atoms with Crippen LogP contribution in [-0.2, 0) is 16.2 Å². The lowest BCUT2D eigenvalue weighted by Gasteiger charge is -2.42. The third kappa shape index (κ3) is 4.93. The quantitative estimate of drug-likeness (QED) is 0.179. The fourth-order valence-electron chi connectivity index (χ4n) is 10.7. The zero-order valence-corrected chi connectivity index (χ0v) is 35.3. The lowest BCUT2D eigenvalue weighted by Crippen LogP contribution is -2.33. The van der Waals surface area contributed by atoms with E-state index in [-0.39, 0.29) is 16.2 Å².